The van der Waals surface area contributed by atoms with E-state index in [2.05, 4.69) is 9.47 Å². The van der Waals surface area contributed by atoms with Crippen LogP contribution in [0.2, 0.25) is 0 Å². The quantitative estimate of drug-likeness (QED) is 0.224. The maximum atomic E-state index is 13.4. The maximum Gasteiger partial charge on any atom is 0.350 e. The number of nitrogens with one attached hydrogen (secondary N) is 1. The van der Waals surface area contributed by atoms with Gasteiger partial charge in [0.2, 0.25) is 5.82 Å². The van der Waals surface area contributed by atoms with Gasteiger partial charge in [0, 0.05) is 20.0 Å². The van der Waals surface area contributed by atoms with Crippen LogP contribution < -0.4 is 5.32 Å². The van der Waals surface area contributed by atoms with Crippen molar-refractivity contribution in [1.29, 1.82) is 0 Å². The number of anilines is 1. The molecule has 1 heterocycles. The summed E-state index contributed by atoms with van der Waals surface area (Å²) in [5.41, 5.74) is -2.24. The molecule has 1 aliphatic heterocycles. The van der Waals surface area contributed by atoms with Gasteiger partial charge in [-0.2, -0.15) is 0 Å². The second-order valence-electron chi connectivity index (χ2n) is 4.83. The van der Waals surface area contributed by atoms with Crippen LogP contribution in [0, 0.1) is 29.1 Å². The van der Waals surface area contributed by atoms with E-state index in [0.717, 1.165) is 0 Å². The Morgan fingerprint density at radius 2 is 1.22 bits per heavy atom. The fourth-order valence-electron chi connectivity index (χ4n) is 1.65. The lowest BCUT2D eigenvalue weighted by atomic mass is 10.2. The number of rotatable bonds is 2. The van der Waals surface area contributed by atoms with Crippen molar-refractivity contribution in [2.24, 2.45) is 0 Å². The smallest absolute Gasteiger partial charge is 0.350 e. The number of cyclic esters (lactones) is 2. The number of ether oxygens (including phenoxy) is 2. The van der Waals surface area contributed by atoms with Crippen molar-refractivity contribution >= 4 is 17.6 Å². The van der Waals surface area contributed by atoms with E-state index in [0.29, 0.717) is 6.20 Å². The summed E-state index contributed by atoms with van der Waals surface area (Å²) in [7, 11) is 0. The van der Waals surface area contributed by atoms with E-state index in [4.69, 9.17) is 0 Å². The van der Waals surface area contributed by atoms with E-state index in [1.807, 2.05) is 0 Å². The number of benzene rings is 1. The van der Waals surface area contributed by atoms with Crippen LogP contribution in [0.1, 0.15) is 13.8 Å². The monoisotopic (exact) mass is 337 g/mol. The van der Waals surface area contributed by atoms with Crippen molar-refractivity contribution < 1.29 is 41.0 Å². The van der Waals surface area contributed by atoms with E-state index in [9.17, 15) is 31.5 Å². The summed E-state index contributed by atoms with van der Waals surface area (Å²) >= 11 is 0. The molecule has 1 aromatic rings. The second kappa shape index (κ2) is 5.52. The summed E-state index contributed by atoms with van der Waals surface area (Å²) in [6.07, 6.45) is 0.429. The third kappa shape index (κ3) is 2.96. The molecule has 124 valence electrons. The molecule has 1 aromatic carbocycles. The van der Waals surface area contributed by atoms with Gasteiger partial charge in [-0.3, -0.25) is 0 Å². The van der Waals surface area contributed by atoms with Crippen LogP contribution in [-0.2, 0) is 19.1 Å². The zero-order chi connectivity index (χ0) is 17.5. The van der Waals surface area contributed by atoms with Crippen molar-refractivity contribution in [3.63, 3.8) is 0 Å². The fraction of sp³-hybridized carbons (Fsp3) is 0.231. The summed E-state index contributed by atoms with van der Waals surface area (Å²) in [6.45, 7) is 2.52. The first kappa shape index (κ1) is 16.7. The average Bonchev–Trinajstić information content (AvgIpc) is 2.44. The van der Waals surface area contributed by atoms with E-state index >= 15 is 0 Å². The number of carbonyl (C=O) groups excluding carboxylic acids is 2. The first-order chi connectivity index (χ1) is 10.5. The van der Waals surface area contributed by atoms with Crippen LogP contribution in [0.4, 0.5) is 27.6 Å². The molecule has 2 rings (SSSR count). The summed E-state index contributed by atoms with van der Waals surface area (Å²) in [6, 6.07) is 0. The molecular formula is C13H8F5NO4. The molecule has 1 aliphatic rings. The highest BCUT2D eigenvalue weighted by molar-refractivity contribution is 6.15. The predicted octanol–water partition coefficient (Wildman–Crippen LogP) is 2.51. The maximum absolute atomic E-state index is 13.4. The molecule has 0 amide bonds. The SMILES string of the molecule is CC1(C)OC(=O)C(=CNc2c(F)c(F)c(F)c(F)c2F)C(=O)O1. The Bertz CT molecular complexity index is 693. The van der Waals surface area contributed by atoms with Crippen molar-refractivity contribution in [2.75, 3.05) is 5.32 Å². The van der Waals surface area contributed by atoms with Crippen molar-refractivity contribution in [1.82, 2.24) is 0 Å². The third-order valence-electron chi connectivity index (χ3n) is 2.69. The summed E-state index contributed by atoms with van der Waals surface area (Å²) in [4.78, 5) is 23.1. The van der Waals surface area contributed by atoms with Gasteiger partial charge in [-0.1, -0.05) is 0 Å². The lowest BCUT2D eigenvalue weighted by molar-refractivity contribution is -0.222. The summed E-state index contributed by atoms with van der Waals surface area (Å²) in [5.74, 6) is -14.9. The number of halogens is 5. The van der Waals surface area contributed by atoms with Crippen LogP contribution in [0.25, 0.3) is 0 Å². The highest BCUT2D eigenvalue weighted by Gasteiger charge is 2.39. The molecule has 0 aliphatic carbocycles. The first-order valence-corrected chi connectivity index (χ1v) is 6.00. The Hall–Kier alpha value is -2.65. The fourth-order valence-corrected chi connectivity index (χ4v) is 1.65. The normalized spacial score (nSPS) is 16.7. The molecule has 10 heteroatoms. The van der Waals surface area contributed by atoms with Gasteiger partial charge in [-0.05, 0) is 0 Å². The predicted molar refractivity (Wildman–Crippen MR) is 64.2 cm³/mol. The van der Waals surface area contributed by atoms with Crippen molar-refractivity contribution in [3.8, 4) is 0 Å². The zero-order valence-corrected chi connectivity index (χ0v) is 11.6. The van der Waals surface area contributed by atoms with E-state index < -0.39 is 58.1 Å². The number of esters is 2. The highest BCUT2D eigenvalue weighted by atomic mass is 19.2. The Morgan fingerprint density at radius 3 is 1.65 bits per heavy atom. The van der Waals surface area contributed by atoms with Gasteiger partial charge < -0.3 is 14.8 Å². The third-order valence-corrected chi connectivity index (χ3v) is 2.69. The lowest BCUT2D eigenvalue weighted by Gasteiger charge is -2.29. The molecule has 0 atom stereocenters. The van der Waals surface area contributed by atoms with Crippen LogP contribution in [0.5, 0.6) is 0 Å². The van der Waals surface area contributed by atoms with E-state index in [-0.39, 0.29) is 0 Å². The van der Waals surface area contributed by atoms with Gasteiger partial charge in [0.05, 0.1) is 0 Å². The van der Waals surface area contributed by atoms with Gasteiger partial charge in [0.1, 0.15) is 5.69 Å². The van der Waals surface area contributed by atoms with Crippen LogP contribution in [-0.4, -0.2) is 17.7 Å². The number of hydrogen-bond donors (Lipinski definition) is 1. The lowest BCUT2D eigenvalue weighted by Crippen LogP contribution is -2.42. The largest absolute Gasteiger partial charge is 0.419 e. The first-order valence-electron chi connectivity index (χ1n) is 6.00. The summed E-state index contributed by atoms with van der Waals surface area (Å²) < 4.78 is 75.2. The zero-order valence-electron chi connectivity index (χ0n) is 11.6. The van der Waals surface area contributed by atoms with Crippen LogP contribution >= 0.6 is 0 Å². The molecular weight excluding hydrogens is 329 g/mol. The van der Waals surface area contributed by atoms with Crippen LogP contribution in [0.3, 0.4) is 0 Å². The average molecular weight is 337 g/mol. The standard InChI is InChI=1S/C13H8F5NO4/c1-13(2)22-11(20)4(12(21)23-13)3-19-10-8(17)6(15)5(14)7(16)9(10)18/h3,19H,1-2H3. The molecule has 0 unspecified atom stereocenters. The van der Waals surface area contributed by atoms with Gasteiger partial charge in [0.15, 0.2) is 28.8 Å². The van der Waals surface area contributed by atoms with Gasteiger partial charge in [-0.25, -0.2) is 31.5 Å². The molecule has 1 N–H and O–H groups in total. The van der Waals surface area contributed by atoms with Gasteiger partial charge in [0.25, 0.3) is 5.79 Å². The van der Waals surface area contributed by atoms with Crippen LogP contribution in [0.15, 0.2) is 11.8 Å². The number of carbonyl (C=O) groups is 2. The molecule has 0 radical (unpaired) electrons. The summed E-state index contributed by atoms with van der Waals surface area (Å²) in [5, 5.41) is 1.69. The molecule has 0 aromatic heterocycles. The second-order valence-corrected chi connectivity index (χ2v) is 4.83. The van der Waals surface area contributed by atoms with Crippen molar-refractivity contribution in [2.45, 2.75) is 19.6 Å². The highest BCUT2D eigenvalue weighted by Crippen LogP contribution is 2.28. The molecule has 1 saturated heterocycles. The van der Waals surface area contributed by atoms with Crippen molar-refractivity contribution in [3.05, 3.63) is 40.9 Å². The minimum absolute atomic E-state index is 0.429. The van der Waals surface area contributed by atoms with Gasteiger partial charge >= 0.3 is 11.9 Å². The van der Waals surface area contributed by atoms with E-state index in [1.54, 1.807) is 5.32 Å². The Labute approximate surface area is 125 Å². The topological polar surface area (TPSA) is 64.6 Å². The Balaban J connectivity index is 2.38. The molecule has 0 bridgehead atoms. The Kier molecular flexibility index (Phi) is 4.01. The van der Waals surface area contributed by atoms with E-state index in [1.165, 1.54) is 13.8 Å². The molecule has 23 heavy (non-hydrogen) atoms. The molecule has 5 nitrogen and oxygen atoms in total. The number of hydrogen-bond acceptors (Lipinski definition) is 5. The molecule has 1 fully saturated rings. The van der Waals surface area contributed by atoms with Gasteiger partial charge in [-0.15, -0.1) is 0 Å². The Morgan fingerprint density at radius 1 is 0.826 bits per heavy atom. The minimum atomic E-state index is -2.34. The molecule has 0 saturated carbocycles. The minimum Gasteiger partial charge on any atom is -0.419 e. The molecule has 0 spiro atoms.